The summed E-state index contributed by atoms with van der Waals surface area (Å²) in [5, 5.41) is 3.31. The van der Waals surface area contributed by atoms with Crippen LogP contribution in [0.4, 0.5) is 0 Å². The molecule has 2 rings (SSSR count). The van der Waals surface area contributed by atoms with Crippen LogP contribution in [-0.4, -0.2) is 68.1 Å². The molecule has 28 heavy (non-hydrogen) atoms. The van der Waals surface area contributed by atoms with Crippen molar-refractivity contribution < 1.29 is 9.53 Å². The zero-order valence-electron chi connectivity index (χ0n) is 17.7. The van der Waals surface area contributed by atoms with E-state index in [2.05, 4.69) is 22.1 Å². The normalized spacial score (nSPS) is 15.3. The number of aliphatic imine (C=N–C) groups is 1. The predicted octanol–water partition coefficient (Wildman–Crippen LogP) is 2.75. The van der Waals surface area contributed by atoms with Gasteiger partial charge in [-0.25, -0.2) is 4.99 Å². The second-order valence-electron chi connectivity index (χ2n) is 7.33. The van der Waals surface area contributed by atoms with Crippen molar-refractivity contribution in [3.8, 4) is 0 Å². The van der Waals surface area contributed by atoms with Gasteiger partial charge in [-0.15, -0.1) is 0 Å². The van der Waals surface area contributed by atoms with E-state index in [9.17, 15) is 4.79 Å². The molecule has 1 heterocycles. The van der Waals surface area contributed by atoms with Crippen molar-refractivity contribution in [3.63, 3.8) is 0 Å². The third-order valence-electron chi connectivity index (χ3n) is 5.22. The van der Waals surface area contributed by atoms with Gasteiger partial charge in [-0.1, -0.05) is 30.3 Å². The molecule has 0 bridgehead atoms. The fourth-order valence-corrected chi connectivity index (χ4v) is 3.41. The first-order valence-corrected chi connectivity index (χ1v) is 10.5. The quantitative estimate of drug-likeness (QED) is 0.522. The van der Waals surface area contributed by atoms with E-state index in [1.165, 1.54) is 0 Å². The number of hydrogen-bond acceptors (Lipinski definition) is 3. The van der Waals surface area contributed by atoms with Gasteiger partial charge in [0.2, 0.25) is 5.91 Å². The summed E-state index contributed by atoms with van der Waals surface area (Å²) in [6, 6.07) is 10.1. The van der Waals surface area contributed by atoms with Gasteiger partial charge in [0.05, 0.1) is 0 Å². The zero-order chi connectivity index (χ0) is 20.2. The summed E-state index contributed by atoms with van der Waals surface area (Å²) in [6.45, 7) is 9.03. The minimum absolute atomic E-state index is 0.0552. The molecular formula is C22H36N4O2. The number of likely N-dealkylation sites (N-methyl/N-ethyl adjacent to an activating group) is 1. The molecule has 0 aromatic heterocycles. The average Bonchev–Trinajstić information content (AvgIpc) is 2.74. The summed E-state index contributed by atoms with van der Waals surface area (Å²) in [7, 11) is 2.05. The fraction of sp³-hybridized carbons (Fsp3) is 0.636. The molecule has 1 saturated heterocycles. The number of carbonyl (C=O) groups is 1. The van der Waals surface area contributed by atoms with Crippen LogP contribution in [0.2, 0.25) is 0 Å². The summed E-state index contributed by atoms with van der Waals surface area (Å²) >= 11 is 0. The van der Waals surface area contributed by atoms with Gasteiger partial charge in [-0.2, -0.15) is 0 Å². The predicted molar refractivity (Wildman–Crippen MR) is 114 cm³/mol. The van der Waals surface area contributed by atoms with E-state index in [0.29, 0.717) is 13.1 Å². The van der Waals surface area contributed by atoms with E-state index in [4.69, 9.17) is 4.74 Å². The van der Waals surface area contributed by atoms with Crippen LogP contribution in [0.5, 0.6) is 0 Å². The Morgan fingerprint density at radius 3 is 2.57 bits per heavy atom. The summed E-state index contributed by atoms with van der Waals surface area (Å²) in [5.74, 6) is 1.58. The van der Waals surface area contributed by atoms with Gasteiger partial charge in [0, 0.05) is 46.4 Å². The van der Waals surface area contributed by atoms with Gasteiger partial charge < -0.3 is 19.9 Å². The van der Waals surface area contributed by atoms with Crippen molar-refractivity contribution in [1.82, 2.24) is 15.1 Å². The molecular weight excluding hydrogens is 352 g/mol. The fourth-order valence-electron chi connectivity index (χ4n) is 3.41. The summed E-state index contributed by atoms with van der Waals surface area (Å²) in [6.07, 6.45) is 3.42. The van der Waals surface area contributed by atoms with Crippen LogP contribution in [0.1, 0.15) is 38.7 Å². The Morgan fingerprint density at radius 2 is 1.93 bits per heavy atom. The maximum Gasteiger partial charge on any atom is 0.244 e. The lowest BCUT2D eigenvalue weighted by atomic mass is 9.96. The lowest BCUT2D eigenvalue weighted by molar-refractivity contribution is -0.130. The molecule has 1 fully saturated rings. The Balaban J connectivity index is 1.88. The van der Waals surface area contributed by atoms with Crippen LogP contribution >= 0.6 is 0 Å². The third-order valence-corrected chi connectivity index (χ3v) is 5.22. The molecule has 0 unspecified atom stereocenters. The van der Waals surface area contributed by atoms with E-state index < -0.39 is 0 Å². The lowest BCUT2D eigenvalue weighted by Gasteiger charge is -2.27. The van der Waals surface area contributed by atoms with Crippen molar-refractivity contribution in [2.45, 2.75) is 39.7 Å². The van der Waals surface area contributed by atoms with E-state index in [1.54, 1.807) is 0 Å². The smallest absolute Gasteiger partial charge is 0.244 e. The van der Waals surface area contributed by atoms with Crippen LogP contribution in [0.15, 0.2) is 35.3 Å². The first-order chi connectivity index (χ1) is 13.6. The molecule has 6 nitrogen and oxygen atoms in total. The highest BCUT2D eigenvalue weighted by Crippen LogP contribution is 2.18. The molecule has 1 aromatic carbocycles. The van der Waals surface area contributed by atoms with E-state index in [0.717, 1.165) is 63.0 Å². The molecule has 0 atom stereocenters. The van der Waals surface area contributed by atoms with Crippen LogP contribution in [0, 0.1) is 5.92 Å². The van der Waals surface area contributed by atoms with Crippen molar-refractivity contribution in [1.29, 1.82) is 0 Å². The second-order valence-corrected chi connectivity index (χ2v) is 7.33. The van der Waals surface area contributed by atoms with Crippen LogP contribution < -0.4 is 5.32 Å². The van der Waals surface area contributed by atoms with Gasteiger partial charge >= 0.3 is 0 Å². The van der Waals surface area contributed by atoms with Crippen molar-refractivity contribution in [2.24, 2.45) is 10.9 Å². The largest absolute Gasteiger partial charge is 0.381 e. The number of ether oxygens (including phenoxy) is 1. The number of rotatable bonds is 9. The van der Waals surface area contributed by atoms with Crippen LogP contribution in [0.25, 0.3) is 0 Å². The number of amides is 1. The number of nitrogens with one attached hydrogen (secondary N) is 1. The van der Waals surface area contributed by atoms with Gasteiger partial charge in [-0.05, 0) is 44.6 Å². The lowest BCUT2D eigenvalue weighted by Crippen LogP contribution is -2.41. The molecule has 0 saturated carbocycles. The maximum atomic E-state index is 12.7. The van der Waals surface area contributed by atoms with E-state index >= 15 is 0 Å². The van der Waals surface area contributed by atoms with Gasteiger partial charge in [0.1, 0.15) is 6.54 Å². The number of benzene rings is 1. The minimum Gasteiger partial charge on any atom is -0.381 e. The standard InChI is InChI=1S/C22H36N4O2/c1-4-23-22(25(3)14-11-19-12-15-28-16-13-19)24-17-21(27)26(5-2)18-20-9-7-6-8-10-20/h6-10,19H,4-5,11-18H2,1-3H3,(H,23,24). The Labute approximate surface area is 170 Å². The minimum atomic E-state index is 0.0552. The molecule has 1 aromatic rings. The monoisotopic (exact) mass is 388 g/mol. The Kier molecular flexibility index (Phi) is 9.83. The molecule has 1 N–H and O–H groups in total. The first kappa shape index (κ1) is 22.2. The highest BCUT2D eigenvalue weighted by atomic mass is 16.5. The Morgan fingerprint density at radius 1 is 1.21 bits per heavy atom. The number of hydrogen-bond donors (Lipinski definition) is 1. The number of nitrogens with zero attached hydrogens (tertiary/aromatic N) is 3. The molecule has 156 valence electrons. The number of carbonyl (C=O) groups excluding carboxylic acids is 1. The number of guanidine groups is 1. The average molecular weight is 389 g/mol. The van der Waals surface area contributed by atoms with E-state index in [-0.39, 0.29) is 12.5 Å². The summed E-state index contributed by atoms with van der Waals surface area (Å²) < 4.78 is 5.44. The zero-order valence-corrected chi connectivity index (χ0v) is 17.7. The van der Waals surface area contributed by atoms with Crippen LogP contribution in [0.3, 0.4) is 0 Å². The Hall–Kier alpha value is -2.08. The molecule has 0 aliphatic carbocycles. The van der Waals surface area contributed by atoms with Gasteiger partial charge in [0.25, 0.3) is 0 Å². The highest BCUT2D eigenvalue weighted by molar-refractivity contribution is 5.84. The topological polar surface area (TPSA) is 57.2 Å². The molecule has 1 amide bonds. The summed E-state index contributed by atoms with van der Waals surface area (Å²) in [4.78, 5) is 21.3. The van der Waals surface area contributed by atoms with Gasteiger partial charge in [-0.3, -0.25) is 4.79 Å². The Bertz CT molecular complexity index is 600. The summed E-state index contributed by atoms with van der Waals surface area (Å²) in [5.41, 5.74) is 1.14. The third kappa shape index (κ3) is 7.50. The SMILES string of the molecule is CCNC(=NCC(=O)N(CC)Cc1ccccc1)N(C)CCC1CCOCC1. The van der Waals surface area contributed by atoms with E-state index in [1.807, 2.05) is 49.2 Å². The molecule has 1 aliphatic rings. The highest BCUT2D eigenvalue weighted by Gasteiger charge is 2.16. The van der Waals surface area contributed by atoms with Crippen molar-refractivity contribution >= 4 is 11.9 Å². The molecule has 0 radical (unpaired) electrons. The van der Waals surface area contributed by atoms with Crippen molar-refractivity contribution in [3.05, 3.63) is 35.9 Å². The second kappa shape index (κ2) is 12.4. The van der Waals surface area contributed by atoms with Gasteiger partial charge in [0.15, 0.2) is 5.96 Å². The first-order valence-electron chi connectivity index (χ1n) is 10.5. The molecule has 1 aliphatic heterocycles. The molecule has 6 heteroatoms. The molecule has 0 spiro atoms. The van der Waals surface area contributed by atoms with Crippen molar-refractivity contribution in [2.75, 3.05) is 46.4 Å². The maximum absolute atomic E-state index is 12.7. The van der Waals surface area contributed by atoms with Crippen LogP contribution in [-0.2, 0) is 16.1 Å².